The zero-order valence-corrected chi connectivity index (χ0v) is 43.0. The maximum atomic E-state index is 13.5. The smallest absolute Gasteiger partial charge is 0.417 e. The summed E-state index contributed by atoms with van der Waals surface area (Å²) in [4.78, 5) is 83.9. The highest BCUT2D eigenvalue weighted by Crippen LogP contribution is 2.29. The van der Waals surface area contributed by atoms with Crippen molar-refractivity contribution in [1.82, 2.24) is 26.2 Å². The zero-order chi connectivity index (χ0) is 52.5. The number of ether oxygens (including phenoxy) is 7. The average Bonchev–Trinajstić information content (AvgIpc) is 3.21. The van der Waals surface area contributed by atoms with Crippen LogP contribution in [0.5, 0.6) is 5.75 Å². The lowest BCUT2D eigenvalue weighted by Crippen LogP contribution is -2.63. The molecule has 1 heterocycles. The molecule has 1 fully saturated rings. The SMILES string of the molecule is C[C@H]1O[C@H](Oc2ccc(/C=C/C(=O)N(CCCNCCCCNC(=O)OC(C)(C)C)C(=O)OC(C)(C)C)cc2)[C@H](N=C(NC(=O)OC(C)(C)C)NC(=O)OC(C)(C)C)[C@@H](OC(=O)c2ccccc2)[C@@H]1N. The number of hydrogen-bond acceptors (Lipinski definition) is 16. The van der Waals surface area contributed by atoms with Gasteiger partial charge in [0.2, 0.25) is 12.2 Å². The number of rotatable bonds is 16. The van der Waals surface area contributed by atoms with Gasteiger partial charge in [-0.05, 0) is 158 Å². The average molecular weight is 982 g/mol. The predicted octanol–water partition coefficient (Wildman–Crippen LogP) is 7.20. The number of hydrogen-bond donors (Lipinski definition) is 5. The second-order valence-electron chi connectivity index (χ2n) is 20.5. The van der Waals surface area contributed by atoms with Crippen molar-refractivity contribution in [2.24, 2.45) is 10.7 Å². The number of amides is 5. The second-order valence-corrected chi connectivity index (χ2v) is 20.5. The Kier molecular flexibility index (Phi) is 21.6. The summed E-state index contributed by atoms with van der Waals surface area (Å²) in [6.45, 7) is 23.9. The van der Waals surface area contributed by atoms with Crippen molar-refractivity contribution in [3.8, 4) is 5.75 Å². The quantitative estimate of drug-likeness (QED) is 0.0278. The topological polar surface area (TPSA) is 257 Å². The molecule has 20 heteroatoms. The summed E-state index contributed by atoms with van der Waals surface area (Å²) < 4.78 is 40.2. The normalized spacial score (nSPS) is 18.4. The molecule has 2 aromatic rings. The fraction of sp³-hybridized carbons (Fsp3) is 0.580. The summed E-state index contributed by atoms with van der Waals surface area (Å²) in [6, 6.07) is 12.5. The zero-order valence-electron chi connectivity index (χ0n) is 43.0. The van der Waals surface area contributed by atoms with Gasteiger partial charge < -0.3 is 49.5 Å². The second kappa shape index (κ2) is 26.1. The van der Waals surface area contributed by atoms with E-state index in [2.05, 4.69) is 26.3 Å². The minimum absolute atomic E-state index is 0.0924. The van der Waals surface area contributed by atoms with Crippen LogP contribution in [0.3, 0.4) is 0 Å². The Balaban J connectivity index is 1.83. The molecule has 2 aromatic carbocycles. The third-order valence-corrected chi connectivity index (χ3v) is 9.27. The molecule has 0 saturated carbocycles. The van der Waals surface area contributed by atoms with Crippen molar-refractivity contribution >= 4 is 48.3 Å². The molecule has 0 unspecified atom stereocenters. The maximum Gasteiger partial charge on any atom is 0.417 e. The molecule has 388 valence electrons. The summed E-state index contributed by atoms with van der Waals surface area (Å²) in [5.41, 5.74) is 4.17. The van der Waals surface area contributed by atoms with E-state index in [1.54, 1.807) is 145 Å². The summed E-state index contributed by atoms with van der Waals surface area (Å²) in [5.74, 6) is -1.48. The van der Waals surface area contributed by atoms with Crippen LogP contribution in [0.1, 0.15) is 125 Å². The number of benzene rings is 2. The number of carbonyl (C=O) groups is 6. The van der Waals surface area contributed by atoms with Gasteiger partial charge in [-0.25, -0.2) is 33.9 Å². The lowest BCUT2D eigenvalue weighted by atomic mass is 9.95. The Bertz CT molecular complexity index is 2070. The summed E-state index contributed by atoms with van der Waals surface area (Å²) in [7, 11) is 0. The number of esters is 1. The number of aliphatic imine (C=N–C) groups is 1. The van der Waals surface area contributed by atoms with E-state index in [-0.39, 0.29) is 17.9 Å². The number of alkyl carbamates (subject to hydrolysis) is 3. The number of nitrogens with two attached hydrogens (primary N) is 1. The van der Waals surface area contributed by atoms with Gasteiger partial charge in [-0.2, -0.15) is 0 Å². The number of unbranched alkanes of at least 4 members (excludes halogenated alkanes) is 1. The Hall–Kier alpha value is -6.25. The highest BCUT2D eigenvalue weighted by atomic mass is 16.7. The van der Waals surface area contributed by atoms with Crippen molar-refractivity contribution in [3.63, 3.8) is 0 Å². The Morgan fingerprint density at radius 2 is 1.23 bits per heavy atom. The first-order chi connectivity index (χ1) is 32.5. The van der Waals surface area contributed by atoms with Gasteiger partial charge >= 0.3 is 30.3 Å². The van der Waals surface area contributed by atoms with Gasteiger partial charge in [0.25, 0.3) is 5.91 Å². The molecule has 6 N–H and O–H groups in total. The number of nitrogens with zero attached hydrogens (tertiary/aromatic N) is 2. The summed E-state index contributed by atoms with van der Waals surface area (Å²) in [6.07, 6.45) is -1.71. The van der Waals surface area contributed by atoms with Crippen LogP contribution in [-0.2, 0) is 33.2 Å². The van der Waals surface area contributed by atoms with Crippen molar-refractivity contribution in [2.75, 3.05) is 26.2 Å². The van der Waals surface area contributed by atoms with E-state index in [0.717, 1.165) is 17.7 Å². The minimum atomic E-state index is -1.33. The van der Waals surface area contributed by atoms with Gasteiger partial charge in [0.1, 0.15) is 34.3 Å². The van der Waals surface area contributed by atoms with Crippen LogP contribution in [-0.4, -0.2) is 126 Å². The van der Waals surface area contributed by atoms with Crippen LogP contribution in [0, 0.1) is 0 Å². The third-order valence-electron chi connectivity index (χ3n) is 9.27. The van der Waals surface area contributed by atoms with Crippen molar-refractivity contribution in [3.05, 3.63) is 71.8 Å². The molecule has 1 aliphatic rings. The lowest BCUT2D eigenvalue weighted by Gasteiger charge is -2.42. The fourth-order valence-electron chi connectivity index (χ4n) is 6.25. The van der Waals surface area contributed by atoms with E-state index >= 15 is 0 Å². The van der Waals surface area contributed by atoms with Crippen LogP contribution in [0.15, 0.2) is 65.7 Å². The van der Waals surface area contributed by atoms with Crippen molar-refractivity contribution in [2.45, 2.75) is 162 Å². The van der Waals surface area contributed by atoms with Crippen LogP contribution in [0.4, 0.5) is 19.2 Å². The third kappa shape index (κ3) is 22.5. The first-order valence-electron chi connectivity index (χ1n) is 23.4. The van der Waals surface area contributed by atoms with Gasteiger partial charge in [-0.1, -0.05) is 30.3 Å². The molecule has 0 aromatic heterocycles. The molecule has 3 rings (SSSR count). The molecule has 0 aliphatic carbocycles. The Morgan fingerprint density at radius 1 is 0.700 bits per heavy atom. The lowest BCUT2D eigenvalue weighted by molar-refractivity contribution is -0.190. The summed E-state index contributed by atoms with van der Waals surface area (Å²) >= 11 is 0. The monoisotopic (exact) mass is 982 g/mol. The predicted molar refractivity (Wildman–Crippen MR) is 263 cm³/mol. The summed E-state index contributed by atoms with van der Waals surface area (Å²) in [5, 5.41) is 10.9. The number of imide groups is 1. The molecular formula is C50H75N7O13. The van der Waals surface area contributed by atoms with Gasteiger partial charge in [0.05, 0.1) is 17.7 Å². The van der Waals surface area contributed by atoms with Crippen LogP contribution in [0.25, 0.3) is 6.08 Å². The van der Waals surface area contributed by atoms with Gasteiger partial charge in [0.15, 0.2) is 6.04 Å². The van der Waals surface area contributed by atoms with Gasteiger partial charge in [-0.3, -0.25) is 15.4 Å². The maximum absolute atomic E-state index is 13.5. The van der Waals surface area contributed by atoms with Gasteiger partial charge in [-0.15, -0.1) is 0 Å². The molecule has 0 bridgehead atoms. The van der Waals surface area contributed by atoms with E-state index < -0.39 is 95.2 Å². The van der Waals surface area contributed by atoms with E-state index in [1.165, 1.54) is 12.2 Å². The highest BCUT2D eigenvalue weighted by molar-refractivity contribution is 6.02. The van der Waals surface area contributed by atoms with E-state index in [0.29, 0.717) is 31.6 Å². The van der Waals surface area contributed by atoms with Crippen molar-refractivity contribution in [1.29, 1.82) is 0 Å². The molecule has 1 saturated heterocycles. The Morgan fingerprint density at radius 3 is 1.79 bits per heavy atom. The van der Waals surface area contributed by atoms with E-state index in [4.69, 9.17) is 38.9 Å². The number of carbonyl (C=O) groups excluding carboxylic acids is 6. The first kappa shape index (κ1) is 58.1. The molecule has 5 amide bonds. The molecule has 1 aliphatic heterocycles. The number of guanidine groups is 1. The molecule has 70 heavy (non-hydrogen) atoms. The van der Waals surface area contributed by atoms with E-state index in [1.807, 2.05) is 0 Å². The van der Waals surface area contributed by atoms with Gasteiger partial charge in [0, 0.05) is 19.2 Å². The Labute approximate surface area is 412 Å². The first-order valence-corrected chi connectivity index (χ1v) is 23.4. The highest BCUT2D eigenvalue weighted by Gasteiger charge is 2.47. The number of nitrogens with one attached hydrogen (secondary N) is 4. The van der Waals surface area contributed by atoms with E-state index in [9.17, 15) is 28.8 Å². The molecular weight excluding hydrogens is 907 g/mol. The molecule has 0 radical (unpaired) electrons. The molecule has 0 spiro atoms. The van der Waals surface area contributed by atoms with Crippen LogP contribution in [0.2, 0.25) is 0 Å². The van der Waals surface area contributed by atoms with Crippen LogP contribution >= 0.6 is 0 Å². The largest absolute Gasteiger partial charge is 0.462 e. The van der Waals surface area contributed by atoms with Crippen molar-refractivity contribution < 1.29 is 61.9 Å². The standard InChI is InChI=1S/C50H75N7O13/c1-32-37(51)39(66-40(59)34-20-15-14-16-21-34)38(54-42(55-44(61)68-48(5,6)7)56-45(62)69-49(8,9)10)41(64-32)65-35-25-22-33(23-26-35)24-27-36(58)57(46(63)70-50(11,12)13)31-19-29-52-28-17-18-30-53-43(60)67-47(2,3)4/h14-16,20-27,32,37-39,41,52H,17-19,28-31,51H2,1-13H3,(H,53,60)(H2,54,55,56,61,62)/b27-24+/t32-,37-,38-,39+,41-/m1/s1. The molecule has 5 atom stereocenters. The fourth-order valence-corrected chi connectivity index (χ4v) is 6.25. The minimum Gasteiger partial charge on any atom is -0.462 e. The van der Waals surface area contributed by atoms with Crippen LogP contribution < -0.4 is 31.7 Å². The molecule has 20 nitrogen and oxygen atoms in total.